The first-order valence-electron chi connectivity index (χ1n) is 10.9. The fraction of sp³-hybridized carbons (Fsp3) is 0.905. The fourth-order valence-corrected chi connectivity index (χ4v) is 3.02. The van der Waals surface area contributed by atoms with E-state index in [4.69, 9.17) is 21.3 Å². The summed E-state index contributed by atoms with van der Waals surface area (Å²) in [4.78, 5) is 22.4. The van der Waals surface area contributed by atoms with Gasteiger partial charge in [-0.3, -0.25) is 9.59 Å². The van der Waals surface area contributed by atoms with Gasteiger partial charge in [0.1, 0.15) is 12.1 Å². The number of hydrogen-bond donors (Lipinski definition) is 3. The van der Waals surface area contributed by atoms with Crippen LogP contribution in [0.3, 0.4) is 0 Å². The molecule has 0 aliphatic heterocycles. The molecule has 0 rings (SSSR count). The average Bonchev–Trinajstić information content (AvgIpc) is 2.64. The van der Waals surface area contributed by atoms with Crippen LogP contribution in [-0.4, -0.2) is 35.7 Å². The molecule has 0 radical (unpaired) electrons. The Hall–Kier alpha value is -1.14. The Bertz CT molecular complexity index is 377. The molecule has 160 valence electrons. The predicted molar refractivity (Wildman–Crippen MR) is 109 cm³/mol. The van der Waals surface area contributed by atoms with Crippen LogP contribution in [0.5, 0.6) is 0 Å². The van der Waals surface area contributed by atoms with Crippen LogP contribution in [0.25, 0.3) is 0 Å². The Morgan fingerprint density at radius 3 is 1.67 bits per heavy atom. The van der Waals surface area contributed by atoms with Gasteiger partial charge >= 0.3 is 11.9 Å². The van der Waals surface area contributed by atoms with E-state index in [2.05, 4.69) is 6.92 Å². The van der Waals surface area contributed by atoms with Gasteiger partial charge in [0.15, 0.2) is 0 Å². The van der Waals surface area contributed by atoms with Gasteiger partial charge in [-0.2, -0.15) is 0 Å². The number of nitrogens with two attached hydrogens (primary N) is 2. The van der Waals surface area contributed by atoms with Crippen LogP contribution in [0, 0.1) is 0 Å². The van der Waals surface area contributed by atoms with E-state index < -0.39 is 24.0 Å². The summed E-state index contributed by atoms with van der Waals surface area (Å²) in [7, 11) is 0. The molecule has 0 aliphatic carbocycles. The Morgan fingerprint density at radius 2 is 1.19 bits per heavy atom. The summed E-state index contributed by atoms with van der Waals surface area (Å²) in [6, 6.07) is -1.59. The molecule has 0 saturated heterocycles. The lowest BCUT2D eigenvalue weighted by Gasteiger charge is -2.12. The molecule has 6 nitrogen and oxygen atoms in total. The molecule has 0 spiro atoms. The van der Waals surface area contributed by atoms with Crippen LogP contribution in [0.4, 0.5) is 0 Å². The number of aliphatic carboxylic acids is 1. The van der Waals surface area contributed by atoms with Crippen LogP contribution >= 0.6 is 0 Å². The molecular weight excluding hydrogens is 344 g/mol. The van der Waals surface area contributed by atoms with Crippen LogP contribution < -0.4 is 11.5 Å². The van der Waals surface area contributed by atoms with Gasteiger partial charge in [-0.05, 0) is 25.7 Å². The average molecular weight is 387 g/mol. The summed E-state index contributed by atoms with van der Waals surface area (Å²) in [5, 5.41) is 8.70. The van der Waals surface area contributed by atoms with E-state index in [1.54, 1.807) is 0 Å². The second kappa shape index (κ2) is 18.2. The summed E-state index contributed by atoms with van der Waals surface area (Å²) in [6.45, 7) is 2.66. The lowest BCUT2D eigenvalue weighted by Crippen LogP contribution is -2.34. The molecule has 27 heavy (non-hydrogen) atoms. The van der Waals surface area contributed by atoms with Crippen LogP contribution in [0.15, 0.2) is 0 Å². The summed E-state index contributed by atoms with van der Waals surface area (Å²) in [6.07, 6.45) is 16.4. The third kappa shape index (κ3) is 16.7. The molecular formula is C21H42N2O4. The quantitative estimate of drug-likeness (QED) is 0.227. The number of carbonyl (C=O) groups excluding carboxylic acids is 1. The standard InChI is InChI=1S/C21H42N2O4/c1-2-3-4-5-6-7-8-9-10-11-12-13-17-27-21(26)19(23)16-14-15-18(22)20(24)25/h18-19H,2-17,22-23H2,1H3,(H,24,25)/t18-,19?/m0/s1. The van der Waals surface area contributed by atoms with Crippen LogP contribution in [0.2, 0.25) is 0 Å². The van der Waals surface area contributed by atoms with Gasteiger partial charge < -0.3 is 21.3 Å². The maximum Gasteiger partial charge on any atom is 0.322 e. The Balaban J connectivity index is 3.38. The summed E-state index contributed by atoms with van der Waals surface area (Å²) in [5.74, 6) is -1.43. The van der Waals surface area contributed by atoms with E-state index >= 15 is 0 Å². The van der Waals surface area contributed by atoms with E-state index in [-0.39, 0.29) is 0 Å². The molecule has 5 N–H and O–H groups in total. The molecule has 0 aliphatic rings. The molecule has 0 bridgehead atoms. The first-order valence-corrected chi connectivity index (χ1v) is 10.9. The van der Waals surface area contributed by atoms with Crippen molar-refractivity contribution in [2.24, 2.45) is 11.5 Å². The van der Waals surface area contributed by atoms with Crippen molar-refractivity contribution in [3.8, 4) is 0 Å². The van der Waals surface area contributed by atoms with E-state index in [1.807, 2.05) is 0 Å². The van der Waals surface area contributed by atoms with Gasteiger partial charge in [-0.25, -0.2) is 0 Å². The predicted octanol–water partition coefficient (Wildman–Crippen LogP) is 4.14. The SMILES string of the molecule is CCCCCCCCCCCCCCOC(=O)C(N)CCC[C@H](N)C(=O)O. The number of ether oxygens (including phenoxy) is 1. The van der Waals surface area contributed by atoms with Gasteiger partial charge in [-0.1, -0.05) is 77.6 Å². The number of rotatable bonds is 19. The minimum atomic E-state index is -1.03. The van der Waals surface area contributed by atoms with Gasteiger partial charge in [0.25, 0.3) is 0 Å². The lowest BCUT2D eigenvalue weighted by atomic mass is 10.1. The van der Waals surface area contributed by atoms with Crippen LogP contribution in [-0.2, 0) is 14.3 Å². The van der Waals surface area contributed by atoms with Crippen molar-refractivity contribution in [3.63, 3.8) is 0 Å². The van der Waals surface area contributed by atoms with Crippen molar-refractivity contribution in [3.05, 3.63) is 0 Å². The third-order valence-corrected chi connectivity index (χ3v) is 4.89. The number of unbranched alkanes of at least 4 members (excludes halogenated alkanes) is 11. The highest BCUT2D eigenvalue weighted by atomic mass is 16.5. The summed E-state index contributed by atoms with van der Waals surface area (Å²) < 4.78 is 5.19. The van der Waals surface area contributed by atoms with E-state index in [0.29, 0.717) is 25.9 Å². The molecule has 0 aromatic heterocycles. The fourth-order valence-electron chi connectivity index (χ4n) is 3.02. The zero-order valence-corrected chi connectivity index (χ0v) is 17.3. The second-order valence-electron chi connectivity index (χ2n) is 7.54. The van der Waals surface area contributed by atoms with E-state index in [1.165, 1.54) is 64.2 Å². The zero-order chi connectivity index (χ0) is 20.3. The zero-order valence-electron chi connectivity index (χ0n) is 17.3. The van der Waals surface area contributed by atoms with E-state index in [0.717, 1.165) is 12.8 Å². The highest BCUT2D eigenvalue weighted by Gasteiger charge is 2.17. The molecule has 0 aromatic carbocycles. The molecule has 2 atom stereocenters. The Labute approximate surface area is 165 Å². The molecule has 0 fully saturated rings. The largest absolute Gasteiger partial charge is 0.480 e. The molecule has 0 amide bonds. The minimum absolute atomic E-state index is 0.315. The van der Waals surface area contributed by atoms with Crippen LogP contribution in [0.1, 0.15) is 103 Å². The molecule has 0 saturated carbocycles. The summed E-state index contributed by atoms with van der Waals surface area (Å²) >= 11 is 0. The smallest absolute Gasteiger partial charge is 0.322 e. The monoisotopic (exact) mass is 386 g/mol. The van der Waals surface area contributed by atoms with Gasteiger partial charge in [0, 0.05) is 0 Å². The maximum absolute atomic E-state index is 11.8. The van der Waals surface area contributed by atoms with Crippen molar-refractivity contribution in [1.82, 2.24) is 0 Å². The van der Waals surface area contributed by atoms with Gasteiger partial charge in [-0.15, -0.1) is 0 Å². The normalized spacial score (nSPS) is 13.3. The van der Waals surface area contributed by atoms with Crippen molar-refractivity contribution in [1.29, 1.82) is 0 Å². The topological polar surface area (TPSA) is 116 Å². The number of hydrogen-bond acceptors (Lipinski definition) is 5. The van der Waals surface area contributed by atoms with Crippen molar-refractivity contribution in [2.45, 2.75) is 115 Å². The molecule has 0 aromatic rings. The highest BCUT2D eigenvalue weighted by molar-refractivity contribution is 5.75. The molecule has 6 heteroatoms. The summed E-state index contributed by atoms with van der Waals surface area (Å²) in [5.41, 5.74) is 11.2. The molecule has 1 unspecified atom stereocenters. The van der Waals surface area contributed by atoms with Crippen molar-refractivity contribution >= 4 is 11.9 Å². The molecule has 0 heterocycles. The Kier molecular flexibility index (Phi) is 17.5. The van der Waals surface area contributed by atoms with Crippen molar-refractivity contribution < 1.29 is 19.4 Å². The number of carboxylic acid groups (broad SMARTS) is 1. The maximum atomic E-state index is 11.8. The number of carboxylic acids is 1. The first kappa shape index (κ1) is 25.9. The lowest BCUT2D eigenvalue weighted by molar-refractivity contribution is -0.145. The number of esters is 1. The van der Waals surface area contributed by atoms with Crippen molar-refractivity contribution in [2.75, 3.05) is 6.61 Å². The minimum Gasteiger partial charge on any atom is -0.480 e. The number of carbonyl (C=O) groups is 2. The Morgan fingerprint density at radius 1 is 0.741 bits per heavy atom. The highest BCUT2D eigenvalue weighted by Crippen LogP contribution is 2.12. The second-order valence-corrected chi connectivity index (χ2v) is 7.54. The van der Waals surface area contributed by atoms with Gasteiger partial charge in [0.05, 0.1) is 6.61 Å². The van der Waals surface area contributed by atoms with E-state index in [9.17, 15) is 9.59 Å². The third-order valence-electron chi connectivity index (χ3n) is 4.89. The first-order chi connectivity index (χ1) is 13.0. The van der Waals surface area contributed by atoms with Gasteiger partial charge in [0.2, 0.25) is 0 Å².